The van der Waals surface area contributed by atoms with Crippen LogP contribution in [-0.2, 0) is 17.8 Å². The number of benzene rings is 1. The number of nitrogens with zero attached hydrogens (tertiary/aromatic N) is 3. The number of pyridine rings is 1. The van der Waals surface area contributed by atoms with Gasteiger partial charge in [0, 0.05) is 50.6 Å². The van der Waals surface area contributed by atoms with Crippen molar-refractivity contribution in [1.29, 1.82) is 0 Å². The summed E-state index contributed by atoms with van der Waals surface area (Å²) in [4.78, 5) is 40.4. The molecule has 0 radical (unpaired) electrons. The maximum absolute atomic E-state index is 13.9. The summed E-state index contributed by atoms with van der Waals surface area (Å²) in [5.74, 6) is -3.79. The number of fused-ring (bicyclic) bond motifs is 2. The Kier molecular flexibility index (Phi) is 7.15. The third-order valence-electron chi connectivity index (χ3n) is 6.29. The second kappa shape index (κ2) is 10.1. The van der Waals surface area contributed by atoms with Crippen molar-refractivity contribution in [2.45, 2.75) is 38.6 Å². The second-order valence-electron chi connectivity index (χ2n) is 8.61. The van der Waals surface area contributed by atoms with E-state index in [1.54, 1.807) is 12.0 Å². The Bertz CT molecular complexity index is 1200. The fourth-order valence-corrected chi connectivity index (χ4v) is 4.40. The van der Waals surface area contributed by atoms with Gasteiger partial charge in [0.2, 0.25) is 5.43 Å². The third-order valence-corrected chi connectivity index (χ3v) is 6.29. The lowest BCUT2D eigenvalue weighted by molar-refractivity contribution is 0.0289. The minimum atomic E-state index is -1.00. The van der Waals surface area contributed by atoms with Crippen LogP contribution in [0.15, 0.2) is 29.2 Å². The van der Waals surface area contributed by atoms with Gasteiger partial charge in [0.1, 0.15) is 23.4 Å². The monoisotopic (exact) mass is 491 g/mol. The van der Waals surface area contributed by atoms with Crippen molar-refractivity contribution in [2.75, 3.05) is 26.8 Å². The summed E-state index contributed by atoms with van der Waals surface area (Å²) in [6, 6.07) is 2.76. The van der Waals surface area contributed by atoms with Gasteiger partial charge >= 0.3 is 0 Å². The van der Waals surface area contributed by atoms with Crippen LogP contribution in [0.1, 0.15) is 39.8 Å². The molecule has 1 saturated heterocycles. The van der Waals surface area contributed by atoms with Gasteiger partial charge in [0.05, 0.1) is 13.2 Å². The van der Waals surface area contributed by atoms with E-state index in [1.165, 1.54) is 16.8 Å². The largest absolute Gasteiger partial charge is 0.503 e. The first-order chi connectivity index (χ1) is 16.7. The summed E-state index contributed by atoms with van der Waals surface area (Å²) in [5, 5.41) is 15.0. The molecule has 2 amide bonds. The SMILES string of the molecule is COCCN1CCC(C)N2C(=O)c3c(O)c(=O)c(C(=O)NCc4ccc(F)cc4F)cn3CC2N1. The van der Waals surface area contributed by atoms with Crippen molar-refractivity contribution in [1.82, 2.24) is 25.2 Å². The minimum absolute atomic E-state index is 0.0284. The molecule has 2 aliphatic heterocycles. The van der Waals surface area contributed by atoms with E-state index < -0.39 is 46.4 Å². The number of hydrogen-bond donors (Lipinski definition) is 3. The highest BCUT2D eigenvalue weighted by atomic mass is 19.1. The molecule has 1 aromatic heterocycles. The fraction of sp³-hybridized carbons (Fsp3) is 0.435. The molecule has 35 heavy (non-hydrogen) atoms. The Hall–Kier alpha value is -3.35. The summed E-state index contributed by atoms with van der Waals surface area (Å²) < 4.78 is 33.5. The molecule has 1 aromatic carbocycles. The van der Waals surface area contributed by atoms with Gasteiger partial charge < -0.3 is 24.6 Å². The number of aromatic hydroxyl groups is 1. The number of nitrogens with one attached hydrogen (secondary N) is 2. The van der Waals surface area contributed by atoms with E-state index in [4.69, 9.17) is 4.74 Å². The molecular formula is C23H27F2N5O5. The molecular weight excluding hydrogens is 464 g/mol. The zero-order valence-corrected chi connectivity index (χ0v) is 19.4. The summed E-state index contributed by atoms with van der Waals surface area (Å²) in [7, 11) is 1.60. The number of hydrogen-bond acceptors (Lipinski definition) is 7. The predicted molar refractivity (Wildman–Crippen MR) is 121 cm³/mol. The van der Waals surface area contributed by atoms with Crippen LogP contribution >= 0.6 is 0 Å². The molecule has 1 fully saturated rings. The van der Waals surface area contributed by atoms with Gasteiger partial charge in [-0.2, -0.15) is 0 Å². The normalized spacial score (nSPS) is 20.2. The number of rotatable bonds is 6. The van der Waals surface area contributed by atoms with E-state index in [2.05, 4.69) is 10.7 Å². The average molecular weight is 491 g/mol. The van der Waals surface area contributed by atoms with Crippen LogP contribution in [0.25, 0.3) is 0 Å². The van der Waals surface area contributed by atoms with Gasteiger partial charge in [-0.25, -0.2) is 19.2 Å². The number of methoxy groups -OCH3 is 1. The van der Waals surface area contributed by atoms with Gasteiger partial charge in [0.15, 0.2) is 11.4 Å². The van der Waals surface area contributed by atoms with Crippen LogP contribution in [0.2, 0.25) is 0 Å². The molecule has 2 unspecified atom stereocenters. The first-order valence-electron chi connectivity index (χ1n) is 11.2. The zero-order chi connectivity index (χ0) is 25.3. The standard InChI is InChI=1S/C23H27F2N5O5/c1-13-5-6-29(7-8-35-2)27-18-12-28-11-16(20(31)21(32)19(28)23(34)30(13)18)22(33)26-10-14-3-4-15(24)9-17(14)25/h3-4,9,11,13,18,27,32H,5-8,10,12H2,1-2H3,(H,26,33). The number of halogens is 2. The van der Waals surface area contributed by atoms with Gasteiger partial charge in [0.25, 0.3) is 11.8 Å². The van der Waals surface area contributed by atoms with Crippen molar-refractivity contribution in [3.05, 3.63) is 63.1 Å². The van der Waals surface area contributed by atoms with E-state index in [1.807, 2.05) is 11.9 Å². The summed E-state index contributed by atoms with van der Waals surface area (Å²) >= 11 is 0. The summed E-state index contributed by atoms with van der Waals surface area (Å²) in [5.41, 5.74) is 1.74. The second-order valence-corrected chi connectivity index (χ2v) is 8.61. The van der Waals surface area contributed by atoms with Crippen LogP contribution < -0.4 is 16.2 Å². The molecule has 0 spiro atoms. The average Bonchev–Trinajstić information content (AvgIpc) is 2.97. The molecule has 2 atom stereocenters. The van der Waals surface area contributed by atoms with Crippen LogP contribution in [0, 0.1) is 11.6 Å². The maximum Gasteiger partial charge on any atom is 0.276 e. The van der Waals surface area contributed by atoms with Crippen LogP contribution in [0.5, 0.6) is 5.75 Å². The molecule has 3 N–H and O–H groups in total. The lowest BCUT2D eigenvalue weighted by Crippen LogP contribution is -2.60. The van der Waals surface area contributed by atoms with Gasteiger partial charge in [-0.1, -0.05) is 6.07 Å². The number of ether oxygens (including phenoxy) is 1. The Morgan fingerprint density at radius 2 is 2.09 bits per heavy atom. The lowest BCUT2D eigenvalue weighted by Gasteiger charge is -2.40. The Morgan fingerprint density at radius 3 is 2.80 bits per heavy atom. The predicted octanol–water partition coefficient (Wildman–Crippen LogP) is 0.789. The number of amides is 2. The highest BCUT2D eigenvalue weighted by Gasteiger charge is 2.40. The van der Waals surface area contributed by atoms with Crippen molar-refractivity contribution >= 4 is 11.8 Å². The number of aromatic nitrogens is 1. The lowest BCUT2D eigenvalue weighted by atomic mass is 10.1. The van der Waals surface area contributed by atoms with Crippen LogP contribution in [-0.4, -0.2) is 70.4 Å². The molecule has 0 saturated carbocycles. The molecule has 2 aromatic rings. The molecule has 4 rings (SSSR count). The fourth-order valence-electron chi connectivity index (χ4n) is 4.40. The maximum atomic E-state index is 13.9. The van der Waals surface area contributed by atoms with Crippen LogP contribution in [0.4, 0.5) is 8.78 Å². The zero-order valence-electron chi connectivity index (χ0n) is 19.4. The van der Waals surface area contributed by atoms with E-state index >= 15 is 0 Å². The smallest absolute Gasteiger partial charge is 0.276 e. The van der Waals surface area contributed by atoms with E-state index in [0.29, 0.717) is 32.2 Å². The summed E-state index contributed by atoms with van der Waals surface area (Å²) in [6.07, 6.45) is 1.42. The third kappa shape index (κ3) is 4.90. The van der Waals surface area contributed by atoms with Crippen molar-refractivity contribution < 1.29 is 28.2 Å². The first-order valence-corrected chi connectivity index (χ1v) is 11.2. The van der Waals surface area contributed by atoms with Crippen molar-refractivity contribution in [2.24, 2.45) is 0 Å². The quantitative estimate of drug-likeness (QED) is 0.547. The molecule has 12 heteroatoms. The van der Waals surface area contributed by atoms with Crippen molar-refractivity contribution in [3.63, 3.8) is 0 Å². The van der Waals surface area contributed by atoms with E-state index in [-0.39, 0.29) is 30.4 Å². The minimum Gasteiger partial charge on any atom is -0.503 e. The topological polar surface area (TPSA) is 116 Å². The Labute approximate surface area is 200 Å². The highest BCUT2D eigenvalue weighted by Crippen LogP contribution is 2.27. The molecule has 188 valence electrons. The van der Waals surface area contributed by atoms with Gasteiger partial charge in [-0.15, -0.1) is 0 Å². The molecule has 0 aliphatic carbocycles. The Balaban J connectivity index is 1.61. The number of carbonyl (C=O) groups is 2. The molecule has 10 nitrogen and oxygen atoms in total. The highest BCUT2D eigenvalue weighted by molar-refractivity contribution is 5.99. The van der Waals surface area contributed by atoms with E-state index in [9.17, 15) is 28.3 Å². The van der Waals surface area contributed by atoms with Gasteiger partial charge in [-0.3, -0.25) is 14.4 Å². The molecule has 0 bridgehead atoms. The Morgan fingerprint density at radius 1 is 1.31 bits per heavy atom. The summed E-state index contributed by atoms with van der Waals surface area (Å²) in [6.45, 7) is 3.53. The molecule has 3 heterocycles. The van der Waals surface area contributed by atoms with Gasteiger partial charge in [-0.05, 0) is 19.4 Å². The van der Waals surface area contributed by atoms with Crippen LogP contribution in [0.3, 0.4) is 0 Å². The van der Waals surface area contributed by atoms with E-state index in [0.717, 1.165) is 6.07 Å². The number of carbonyl (C=O) groups excluding carboxylic acids is 2. The first kappa shape index (κ1) is 24.8. The number of hydrazine groups is 1. The van der Waals surface area contributed by atoms with Crippen molar-refractivity contribution in [3.8, 4) is 5.75 Å². The molecule has 2 aliphatic rings.